The molecule has 0 aromatic heterocycles. The molecule has 49 heavy (non-hydrogen) atoms. The molecule has 1 saturated carbocycles. The van der Waals surface area contributed by atoms with Crippen molar-refractivity contribution < 1.29 is 22.7 Å². The first kappa shape index (κ1) is 35.7. The van der Waals surface area contributed by atoms with Crippen molar-refractivity contribution in [1.82, 2.24) is 10.2 Å². The molecule has 0 heterocycles. The third-order valence-electron chi connectivity index (χ3n) is 9.32. The molecule has 1 aliphatic rings. The number of ether oxygens (including phenoxy) is 1. The van der Waals surface area contributed by atoms with Crippen molar-refractivity contribution in [2.45, 2.75) is 82.8 Å². The van der Waals surface area contributed by atoms with Gasteiger partial charge in [0, 0.05) is 19.0 Å². The van der Waals surface area contributed by atoms with Crippen LogP contribution in [0.3, 0.4) is 0 Å². The van der Waals surface area contributed by atoms with E-state index in [2.05, 4.69) is 5.32 Å². The fraction of sp³-hybridized carbons (Fsp3) is 0.350. The Kier molecular flexibility index (Phi) is 11.8. The van der Waals surface area contributed by atoms with Gasteiger partial charge in [0.05, 0.1) is 17.7 Å². The highest BCUT2D eigenvalue weighted by molar-refractivity contribution is 7.92. The van der Waals surface area contributed by atoms with Gasteiger partial charge in [-0.25, -0.2) is 8.42 Å². The van der Waals surface area contributed by atoms with Gasteiger partial charge in [0.25, 0.3) is 10.0 Å². The van der Waals surface area contributed by atoms with Gasteiger partial charge in [-0.15, -0.1) is 0 Å². The normalized spacial score (nSPS) is 14.1. The maximum absolute atomic E-state index is 14.9. The summed E-state index contributed by atoms with van der Waals surface area (Å²) in [6.45, 7) is 5.31. The van der Waals surface area contributed by atoms with Crippen molar-refractivity contribution >= 4 is 27.5 Å². The largest absolute Gasteiger partial charge is 0.495 e. The summed E-state index contributed by atoms with van der Waals surface area (Å²) in [6, 6.07) is 28.3. The molecular formula is C40H47N3O5S. The van der Waals surface area contributed by atoms with Gasteiger partial charge in [-0.1, -0.05) is 97.6 Å². The second-order valence-corrected chi connectivity index (χ2v) is 14.9. The first-order valence-corrected chi connectivity index (χ1v) is 18.4. The monoisotopic (exact) mass is 681 g/mol. The van der Waals surface area contributed by atoms with Crippen LogP contribution in [0.1, 0.15) is 59.9 Å². The average molecular weight is 682 g/mol. The molecule has 9 heteroatoms. The predicted molar refractivity (Wildman–Crippen MR) is 194 cm³/mol. The Bertz CT molecular complexity index is 1840. The van der Waals surface area contributed by atoms with E-state index in [9.17, 15) is 18.0 Å². The summed E-state index contributed by atoms with van der Waals surface area (Å²) in [7, 11) is -2.78. The van der Waals surface area contributed by atoms with E-state index in [1.807, 2.05) is 81.4 Å². The number of methoxy groups -OCH3 is 1. The van der Waals surface area contributed by atoms with Gasteiger partial charge in [-0.2, -0.15) is 0 Å². The molecule has 8 nitrogen and oxygen atoms in total. The van der Waals surface area contributed by atoms with E-state index in [-0.39, 0.29) is 35.5 Å². The Morgan fingerprint density at radius 2 is 1.49 bits per heavy atom. The summed E-state index contributed by atoms with van der Waals surface area (Å²) in [4.78, 5) is 30.8. The molecule has 1 N–H and O–H groups in total. The van der Waals surface area contributed by atoms with Crippen LogP contribution in [0.2, 0.25) is 0 Å². The number of nitrogens with zero attached hydrogens (tertiary/aromatic N) is 2. The molecule has 4 aromatic rings. The van der Waals surface area contributed by atoms with E-state index in [0.29, 0.717) is 5.75 Å². The molecule has 1 atom stereocenters. The number of amides is 2. The lowest BCUT2D eigenvalue weighted by atomic mass is 9.94. The maximum Gasteiger partial charge on any atom is 0.264 e. The molecule has 0 spiro atoms. The van der Waals surface area contributed by atoms with Gasteiger partial charge in [0.1, 0.15) is 18.3 Å². The van der Waals surface area contributed by atoms with Crippen molar-refractivity contribution in [2.75, 3.05) is 18.0 Å². The molecular weight excluding hydrogens is 635 g/mol. The fourth-order valence-corrected chi connectivity index (χ4v) is 7.83. The van der Waals surface area contributed by atoms with Crippen molar-refractivity contribution in [3.63, 3.8) is 0 Å². The van der Waals surface area contributed by atoms with Crippen LogP contribution in [0.15, 0.2) is 102 Å². The van der Waals surface area contributed by atoms with E-state index in [1.54, 1.807) is 41.3 Å². The van der Waals surface area contributed by atoms with E-state index in [4.69, 9.17) is 4.74 Å². The van der Waals surface area contributed by atoms with E-state index >= 15 is 0 Å². The minimum Gasteiger partial charge on any atom is -0.495 e. The Morgan fingerprint density at radius 1 is 0.837 bits per heavy atom. The van der Waals surface area contributed by atoms with Gasteiger partial charge in [-0.3, -0.25) is 13.9 Å². The number of carbonyl (C=O) groups is 2. The highest BCUT2D eigenvalue weighted by atomic mass is 32.2. The molecule has 0 unspecified atom stereocenters. The summed E-state index contributed by atoms with van der Waals surface area (Å²) >= 11 is 0. The average Bonchev–Trinajstić information content (AvgIpc) is 3.10. The van der Waals surface area contributed by atoms with Crippen LogP contribution in [-0.4, -0.2) is 50.9 Å². The van der Waals surface area contributed by atoms with Gasteiger partial charge in [-0.05, 0) is 80.1 Å². The van der Waals surface area contributed by atoms with E-state index in [0.717, 1.165) is 64.2 Å². The highest BCUT2D eigenvalue weighted by Gasteiger charge is 2.36. The molecule has 4 aromatic carbocycles. The molecule has 5 rings (SSSR count). The number of anilines is 1. The van der Waals surface area contributed by atoms with Gasteiger partial charge < -0.3 is 15.0 Å². The highest BCUT2D eigenvalue weighted by Crippen LogP contribution is 2.34. The number of carbonyl (C=O) groups excluding carboxylic acids is 2. The van der Waals surface area contributed by atoms with Crippen molar-refractivity contribution in [3.8, 4) is 5.75 Å². The summed E-state index contributed by atoms with van der Waals surface area (Å²) in [6.07, 6.45) is 5.30. The predicted octanol–water partition coefficient (Wildman–Crippen LogP) is 6.90. The topological polar surface area (TPSA) is 96.0 Å². The van der Waals surface area contributed by atoms with E-state index in [1.165, 1.54) is 7.11 Å². The number of nitrogens with one attached hydrogen (secondary N) is 1. The second-order valence-electron chi connectivity index (χ2n) is 13.0. The molecule has 0 saturated heterocycles. The van der Waals surface area contributed by atoms with Crippen molar-refractivity contribution in [2.24, 2.45) is 0 Å². The Hall–Kier alpha value is -4.63. The molecule has 1 aliphatic carbocycles. The number of hydrogen-bond donors (Lipinski definition) is 1. The zero-order valence-electron chi connectivity index (χ0n) is 28.9. The van der Waals surface area contributed by atoms with Crippen molar-refractivity contribution in [1.29, 1.82) is 0 Å². The van der Waals surface area contributed by atoms with Crippen LogP contribution in [0.4, 0.5) is 5.69 Å². The molecule has 0 radical (unpaired) electrons. The standard InChI is InChI=1S/C40H47N3O5S/c1-29-19-22-35(23-20-29)49(46,47)43(36-25-30(2)21-24-38(36)48-4)28-39(44)42(27-33-16-12-11-13-31(33)3)37(26-32-14-7-5-8-15-32)40(45)41-34-17-9-6-10-18-34/h5,7-8,11-16,19-25,34,37H,6,9-10,17-18,26-28H2,1-4H3,(H,41,45)/t37-/m1/s1. The molecule has 0 aliphatic heterocycles. The first-order chi connectivity index (χ1) is 23.6. The summed E-state index contributed by atoms with van der Waals surface area (Å²) in [5.41, 5.74) is 4.71. The summed E-state index contributed by atoms with van der Waals surface area (Å²) in [5, 5.41) is 3.26. The fourth-order valence-electron chi connectivity index (χ4n) is 6.41. The van der Waals surface area contributed by atoms with E-state index < -0.39 is 28.5 Å². The number of aryl methyl sites for hydroxylation is 3. The first-order valence-electron chi connectivity index (χ1n) is 17.0. The van der Waals surface area contributed by atoms with Gasteiger partial charge in [0.15, 0.2) is 0 Å². The molecule has 1 fully saturated rings. The third kappa shape index (κ3) is 8.89. The van der Waals surface area contributed by atoms with Crippen LogP contribution in [0.5, 0.6) is 5.75 Å². The smallest absolute Gasteiger partial charge is 0.264 e. The second kappa shape index (κ2) is 16.2. The lowest BCUT2D eigenvalue weighted by Gasteiger charge is -2.35. The zero-order valence-corrected chi connectivity index (χ0v) is 29.7. The summed E-state index contributed by atoms with van der Waals surface area (Å²) in [5.74, 6) is -0.420. The molecule has 258 valence electrons. The van der Waals surface area contributed by atoms with Gasteiger partial charge >= 0.3 is 0 Å². The maximum atomic E-state index is 14.9. The Morgan fingerprint density at radius 3 is 2.16 bits per heavy atom. The van der Waals surface area contributed by atoms with Crippen molar-refractivity contribution in [3.05, 3.63) is 125 Å². The lowest BCUT2D eigenvalue weighted by Crippen LogP contribution is -2.55. The number of hydrogen-bond acceptors (Lipinski definition) is 5. The Labute approximate surface area is 291 Å². The summed E-state index contributed by atoms with van der Waals surface area (Å²) < 4.78 is 35.7. The van der Waals surface area contributed by atoms with Crippen LogP contribution >= 0.6 is 0 Å². The molecule has 2 amide bonds. The Balaban J connectivity index is 1.61. The third-order valence-corrected chi connectivity index (χ3v) is 11.1. The van der Waals surface area contributed by atoms with Crippen LogP contribution in [0, 0.1) is 20.8 Å². The minimum atomic E-state index is -4.25. The van der Waals surface area contributed by atoms with Gasteiger partial charge in [0.2, 0.25) is 11.8 Å². The molecule has 0 bridgehead atoms. The lowest BCUT2D eigenvalue weighted by molar-refractivity contribution is -0.140. The van der Waals surface area contributed by atoms with Crippen LogP contribution in [0.25, 0.3) is 0 Å². The quantitative estimate of drug-likeness (QED) is 0.166. The number of sulfonamides is 1. The zero-order chi connectivity index (χ0) is 35.0. The van der Waals surface area contributed by atoms with Crippen LogP contribution in [-0.2, 0) is 32.6 Å². The minimum absolute atomic E-state index is 0.0323. The number of benzene rings is 4. The SMILES string of the molecule is COc1ccc(C)cc1N(CC(=O)N(Cc1ccccc1C)[C@H](Cc1ccccc1)C(=O)NC1CCCCC1)S(=O)(=O)c1ccc(C)cc1. The number of rotatable bonds is 13. The van der Waals surface area contributed by atoms with Crippen LogP contribution < -0.4 is 14.4 Å².